The van der Waals surface area contributed by atoms with Gasteiger partial charge in [-0.15, -0.1) is 0 Å². The van der Waals surface area contributed by atoms with Gasteiger partial charge < -0.3 is 15.1 Å². The molecule has 1 atom stereocenters. The molecule has 1 unspecified atom stereocenters. The first-order valence-corrected chi connectivity index (χ1v) is 6.90. The van der Waals surface area contributed by atoms with Gasteiger partial charge in [0.25, 0.3) is 5.91 Å². The number of rotatable bonds is 1. The van der Waals surface area contributed by atoms with E-state index in [1.165, 1.54) is 6.20 Å². The average molecular weight is 295 g/mol. The number of carbonyl (C=O) groups is 2. The highest BCUT2D eigenvalue weighted by Gasteiger charge is 2.37. The van der Waals surface area contributed by atoms with Crippen molar-refractivity contribution in [3.63, 3.8) is 0 Å². The Morgan fingerprint density at radius 3 is 3.05 bits per heavy atom. The molecule has 3 heterocycles. The molecule has 2 fully saturated rings. The summed E-state index contributed by atoms with van der Waals surface area (Å²) in [6.45, 7) is 4.02. The summed E-state index contributed by atoms with van der Waals surface area (Å²) in [4.78, 5) is 31.6. The van der Waals surface area contributed by atoms with Gasteiger partial charge in [-0.2, -0.15) is 0 Å². The summed E-state index contributed by atoms with van der Waals surface area (Å²) in [5, 5.41) is 3.21. The van der Waals surface area contributed by atoms with E-state index in [1.807, 2.05) is 6.92 Å². The minimum atomic E-state index is -0.124. The van der Waals surface area contributed by atoms with Gasteiger partial charge in [-0.3, -0.25) is 9.78 Å². The molecule has 0 saturated carbocycles. The number of amides is 3. The first kappa shape index (κ1) is 13.2. The van der Waals surface area contributed by atoms with E-state index in [0.717, 1.165) is 5.69 Å². The van der Waals surface area contributed by atoms with Gasteiger partial charge in [0.2, 0.25) is 0 Å². The molecule has 20 heavy (non-hydrogen) atoms. The normalized spacial score (nSPS) is 21.7. The molecule has 0 bridgehead atoms. The van der Waals surface area contributed by atoms with Crippen LogP contribution in [-0.2, 0) is 0 Å². The van der Waals surface area contributed by atoms with Crippen LogP contribution in [0, 0.1) is 6.92 Å². The molecule has 3 rings (SSSR count). The van der Waals surface area contributed by atoms with Crippen molar-refractivity contribution >= 4 is 23.5 Å². The van der Waals surface area contributed by atoms with E-state index in [4.69, 9.17) is 11.6 Å². The molecule has 2 saturated heterocycles. The second kappa shape index (κ2) is 4.94. The predicted octanol–water partition coefficient (Wildman–Crippen LogP) is 0.893. The highest BCUT2D eigenvalue weighted by Crippen LogP contribution is 2.21. The monoisotopic (exact) mass is 294 g/mol. The van der Waals surface area contributed by atoms with Gasteiger partial charge in [0.05, 0.1) is 16.6 Å². The second-order valence-electron chi connectivity index (χ2n) is 5.09. The van der Waals surface area contributed by atoms with Crippen molar-refractivity contribution in [2.45, 2.75) is 13.0 Å². The van der Waals surface area contributed by atoms with Crippen LogP contribution >= 0.6 is 11.6 Å². The molecule has 0 radical (unpaired) electrons. The Bertz CT molecular complexity index is 577. The van der Waals surface area contributed by atoms with Crippen LogP contribution in [0.25, 0.3) is 0 Å². The van der Waals surface area contributed by atoms with Gasteiger partial charge >= 0.3 is 6.03 Å². The van der Waals surface area contributed by atoms with Crippen LogP contribution in [-0.4, -0.2) is 58.9 Å². The molecule has 2 aliphatic rings. The molecule has 0 aliphatic carbocycles. The molecular weight excluding hydrogens is 280 g/mol. The van der Waals surface area contributed by atoms with Crippen LogP contribution in [0.4, 0.5) is 4.79 Å². The number of hydrogen-bond donors (Lipinski definition) is 1. The maximum atomic E-state index is 12.5. The van der Waals surface area contributed by atoms with Crippen molar-refractivity contribution in [3.8, 4) is 0 Å². The first-order valence-electron chi connectivity index (χ1n) is 6.52. The van der Waals surface area contributed by atoms with E-state index in [2.05, 4.69) is 10.3 Å². The van der Waals surface area contributed by atoms with E-state index < -0.39 is 0 Å². The fourth-order valence-corrected chi connectivity index (χ4v) is 2.93. The Morgan fingerprint density at radius 2 is 2.30 bits per heavy atom. The lowest BCUT2D eigenvalue weighted by Gasteiger charge is -2.36. The van der Waals surface area contributed by atoms with Gasteiger partial charge in [-0.25, -0.2) is 4.79 Å². The summed E-state index contributed by atoms with van der Waals surface area (Å²) >= 11 is 6.11. The zero-order valence-electron chi connectivity index (χ0n) is 11.1. The second-order valence-corrected chi connectivity index (χ2v) is 5.50. The fraction of sp³-hybridized carbons (Fsp3) is 0.462. The van der Waals surface area contributed by atoms with Crippen LogP contribution in [0.1, 0.15) is 16.1 Å². The van der Waals surface area contributed by atoms with Crippen molar-refractivity contribution in [2.75, 3.05) is 26.2 Å². The summed E-state index contributed by atoms with van der Waals surface area (Å²) in [7, 11) is 0. The lowest BCUT2D eigenvalue weighted by molar-refractivity contribution is 0.0616. The highest BCUT2D eigenvalue weighted by atomic mass is 35.5. The van der Waals surface area contributed by atoms with E-state index in [0.29, 0.717) is 36.8 Å². The smallest absolute Gasteiger partial charge is 0.317 e. The molecule has 1 N–H and O–H groups in total. The van der Waals surface area contributed by atoms with E-state index in [9.17, 15) is 9.59 Å². The van der Waals surface area contributed by atoms with Gasteiger partial charge in [0.1, 0.15) is 0 Å². The average Bonchev–Trinajstić information content (AvgIpc) is 2.79. The summed E-state index contributed by atoms with van der Waals surface area (Å²) in [6.07, 6.45) is 1.52. The number of aryl methyl sites for hydroxylation is 1. The van der Waals surface area contributed by atoms with Gasteiger partial charge in [0, 0.05) is 38.1 Å². The quantitative estimate of drug-likeness (QED) is 0.837. The molecular formula is C13H15ClN4O2. The van der Waals surface area contributed by atoms with Crippen LogP contribution in [0.5, 0.6) is 0 Å². The Labute approximate surface area is 121 Å². The van der Waals surface area contributed by atoms with Crippen molar-refractivity contribution in [2.24, 2.45) is 0 Å². The standard InChI is InChI=1S/C13H15ClN4O2/c1-8-4-11(14)10(6-15-8)12(19)17-2-3-18-9(7-17)5-16-13(18)20/h4,6,9H,2-3,5,7H2,1H3,(H,16,20). The maximum absolute atomic E-state index is 12.5. The van der Waals surface area contributed by atoms with Crippen LogP contribution in [0.15, 0.2) is 12.3 Å². The first-order chi connectivity index (χ1) is 9.56. The van der Waals surface area contributed by atoms with Crippen LogP contribution < -0.4 is 5.32 Å². The van der Waals surface area contributed by atoms with Crippen molar-refractivity contribution < 1.29 is 9.59 Å². The molecule has 1 aromatic rings. The summed E-state index contributed by atoms with van der Waals surface area (Å²) in [6, 6.07) is 1.70. The van der Waals surface area contributed by atoms with Crippen LogP contribution in [0.2, 0.25) is 5.02 Å². The maximum Gasteiger partial charge on any atom is 0.317 e. The SMILES string of the molecule is Cc1cc(Cl)c(C(=O)N2CCN3C(=O)NCC3C2)cn1. The third-order valence-corrected chi connectivity index (χ3v) is 4.05. The number of piperazine rings is 1. The number of halogens is 1. The Kier molecular flexibility index (Phi) is 3.25. The number of carbonyl (C=O) groups excluding carboxylic acids is 2. The Morgan fingerprint density at radius 1 is 1.50 bits per heavy atom. The zero-order chi connectivity index (χ0) is 14.3. The third kappa shape index (κ3) is 2.20. The van der Waals surface area contributed by atoms with Gasteiger partial charge in [0.15, 0.2) is 0 Å². The zero-order valence-corrected chi connectivity index (χ0v) is 11.9. The third-order valence-electron chi connectivity index (χ3n) is 3.74. The lowest BCUT2D eigenvalue weighted by atomic mass is 10.1. The van der Waals surface area contributed by atoms with E-state index >= 15 is 0 Å². The molecule has 1 aromatic heterocycles. The number of aromatic nitrogens is 1. The molecule has 0 aromatic carbocycles. The van der Waals surface area contributed by atoms with Crippen LogP contribution in [0.3, 0.4) is 0 Å². The number of nitrogens with zero attached hydrogens (tertiary/aromatic N) is 3. The lowest BCUT2D eigenvalue weighted by Crippen LogP contribution is -2.53. The molecule has 106 valence electrons. The topological polar surface area (TPSA) is 65.5 Å². The Balaban J connectivity index is 1.77. The number of nitrogens with one attached hydrogen (secondary N) is 1. The largest absolute Gasteiger partial charge is 0.336 e. The predicted molar refractivity (Wildman–Crippen MR) is 73.8 cm³/mol. The van der Waals surface area contributed by atoms with Crippen molar-refractivity contribution in [3.05, 3.63) is 28.5 Å². The van der Waals surface area contributed by atoms with Crippen molar-refractivity contribution in [1.82, 2.24) is 20.1 Å². The van der Waals surface area contributed by atoms with Gasteiger partial charge in [-0.05, 0) is 13.0 Å². The molecule has 0 spiro atoms. The van der Waals surface area contributed by atoms with Gasteiger partial charge in [-0.1, -0.05) is 11.6 Å². The molecule has 3 amide bonds. The minimum Gasteiger partial charge on any atom is -0.336 e. The van der Waals surface area contributed by atoms with Crippen molar-refractivity contribution in [1.29, 1.82) is 0 Å². The summed E-state index contributed by atoms with van der Waals surface area (Å²) < 4.78 is 0. The number of pyridine rings is 1. The number of fused-ring (bicyclic) bond motifs is 1. The minimum absolute atomic E-state index is 0.0443. The van der Waals surface area contributed by atoms with E-state index in [-0.39, 0.29) is 18.0 Å². The Hall–Kier alpha value is -1.82. The number of urea groups is 1. The summed E-state index contributed by atoms with van der Waals surface area (Å²) in [5.41, 5.74) is 1.20. The molecule has 2 aliphatic heterocycles. The van der Waals surface area contributed by atoms with E-state index in [1.54, 1.807) is 15.9 Å². The molecule has 6 nitrogen and oxygen atoms in total. The fourth-order valence-electron chi connectivity index (χ4n) is 2.64. The summed E-state index contributed by atoms with van der Waals surface area (Å²) in [5.74, 6) is -0.124. The number of hydrogen-bond acceptors (Lipinski definition) is 3. The molecule has 7 heteroatoms. The highest BCUT2D eigenvalue weighted by molar-refractivity contribution is 6.33.